The Hall–Kier alpha value is -4.26. The molecule has 8 aromatic rings. The molecular weight excluding hydrogens is 482 g/mol. The molecule has 8 rings (SSSR count). The van der Waals surface area contributed by atoms with E-state index in [9.17, 15) is 4.79 Å². The fraction of sp³-hybridized carbons (Fsp3) is 0. The van der Waals surface area contributed by atoms with E-state index in [0.29, 0.717) is 4.70 Å². The van der Waals surface area contributed by atoms with Crippen LogP contribution in [-0.2, 0) is 0 Å². The average Bonchev–Trinajstić information content (AvgIpc) is 3.61. The molecule has 170 valence electrons. The third kappa shape index (κ3) is 2.74. The molecule has 0 aliphatic heterocycles. The summed E-state index contributed by atoms with van der Waals surface area (Å²) < 4.78 is 5.82. The summed E-state index contributed by atoms with van der Waals surface area (Å²) in [6.45, 7) is 0. The molecule has 0 saturated carbocycles. The predicted octanol–water partition coefficient (Wildman–Crippen LogP) is 7.89. The fourth-order valence-electron chi connectivity index (χ4n) is 5.19. The van der Waals surface area contributed by atoms with Crippen LogP contribution in [0.2, 0.25) is 0 Å². The number of thiazole rings is 1. The lowest BCUT2D eigenvalue weighted by Crippen LogP contribution is -2.11. The van der Waals surface area contributed by atoms with Gasteiger partial charge in [0.15, 0.2) is 4.96 Å². The molecule has 0 saturated heterocycles. The average molecular weight is 500 g/mol. The van der Waals surface area contributed by atoms with E-state index >= 15 is 0 Å². The number of aromatic nitrogens is 3. The minimum absolute atomic E-state index is 0.00505. The SMILES string of the molecule is O=c1c2sc(-c3ccc4c(c3)c3ccccc3n4-c3ccccc3)cc2nc2sc3ccccc3n12. The largest absolute Gasteiger partial charge is 0.309 e. The lowest BCUT2D eigenvalue weighted by atomic mass is 10.1. The molecule has 0 aliphatic carbocycles. The molecule has 0 unspecified atom stereocenters. The zero-order valence-corrected chi connectivity index (χ0v) is 20.5. The minimum Gasteiger partial charge on any atom is -0.309 e. The van der Waals surface area contributed by atoms with Gasteiger partial charge in [0, 0.05) is 21.3 Å². The first-order valence-corrected chi connectivity index (χ1v) is 13.3. The molecule has 4 aromatic carbocycles. The van der Waals surface area contributed by atoms with Crippen LogP contribution in [0.15, 0.2) is 108 Å². The summed E-state index contributed by atoms with van der Waals surface area (Å²) in [6.07, 6.45) is 0. The van der Waals surface area contributed by atoms with Crippen molar-refractivity contribution in [2.45, 2.75) is 0 Å². The number of thiophene rings is 1. The second kappa shape index (κ2) is 7.37. The first-order chi connectivity index (χ1) is 17.8. The van der Waals surface area contributed by atoms with Crippen LogP contribution in [0.1, 0.15) is 0 Å². The molecule has 0 fully saturated rings. The molecule has 0 amide bonds. The summed E-state index contributed by atoms with van der Waals surface area (Å²) in [5.41, 5.74) is 6.27. The Balaban J connectivity index is 1.37. The van der Waals surface area contributed by atoms with E-state index in [2.05, 4.69) is 77.4 Å². The molecule has 4 heterocycles. The van der Waals surface area contributed by atoms with Crippen molar-refractivity contribution in [1.29, 1.82) is 0 Å². The van der Waals surface area contributed by atoms with Crippen LogP contribution >= 0.6 is 22.7 Å². The smallest absolute Gasteiger partial charge is 0.277 e. The number of hydrogen-bond donors (Lipinski definition) is 0. The van der Waals surface area contributed by atoms with Gasteiger partial charge in [-0.3, -0.25) is 4.79 Å². The second-order valence-electron chi connectivity index (χ2n) is 8.85. The van der Waals surface area contributed by atoms with Crippen LogP contribution in [0.5, 0.6) is 0 Å². The van der Waals surface area contributed by atoms with E-state index in [1.165, 1.54) is 27.6 Å². The lowest BCUT2D eigenvalue weighted by molar-refractivity contribution is 1.17. The van der Waals surface area contributed by atoms with Crippen molar-refractivity contribution in [2.75, 3.05) is 0 Å². The number of benzene rings is 4. The first-order valence-electron chi connectivity index (χ1n) is 11.7. The number of hydrogen-bond acceptors (Lipinski definition) is 4. The normalized spacial score (nSPS) is 12.0. The van der Waals surface area contributed by atoms with Crippen molar-refractivity contribution in [3.05, 3.63) is 113 Å². The van der Waals surface area contributed by atoms with Crippen molar-refractivity contribution in [3.63, 3.8) is 0 Å². The molecular formula is C30H17N3OS2. The summed E-state index contributed by atoms with van der Waals surface area (Å²) in [5, 5.41) is 2.41. The summed E-state index contributed by atoms with van der Waals surface area (Å²) in [7, 11) is 0. The Labute approximate surface area is 212 Å². The molecule has 0 spiro atoms. The molecule has 36 heavy (non-hydrogen) atoms. The highest BCUT2D eigenvalue weighted by atomic mass is 32.1. The van der Waals surface area contributed by atoms with Gasteiger partial charge in [-0.1, -0.05) is 65.9 Å². The van der Waals surface area contributed by atoms with Crippen molar-refractivity contribution in [2.24, 2.45) is 0 Å². The number of fused-ring (bicyclic) bond motifs is 7. The maximum Gasteiger partial charge on any atom is 0.277 e. The van der Waals surface area contributed by atoms with Gasteiger partial charge in [0.25, 0.3) is 5.56 Å². The summed E-state index contributed by atoms with van der Waals surface area (Å²) in [6, 6.07) is 35.6. The Morgan fingerprint density at radius 2 is 1.42 bits per heavy atom. The molecule has 0 radical (unpaired) electrons. The summed E-state index contributed by atoms with van der Waals surface area (Å²) in [5.74, 6) is 0. The summed E-state index contributed by atoms with van der Waals surface area (Å²) >= 11 is 3.08. The standard InChI is InChI=1S/C30H17N3OS2/c34-29-28-22(31-30-33(29)25-12-6-7-13-26(25)36-30)17-27(35-28)18-14-15-24-21(16-18)20-10-4-5-11-23(20)32(24)19-8-2-1-3-9-19/h1-17H. The molecule has 4 nitrogen and oxygen atoms in total. The van der Waals surface area contributed by atoms with Crippen molar-refractivity contribution >= 4 is 69.9 Å². The van der Waals surface area contributed by atoms with E-state index in [-0.39, 0.29) is 5.56 Å². The minimum atomic E-state index is 0.00505. The maximum atomic E-state index is 13.5. The summed E-state index contributed by atoms with van der Waals surface area (Å²) in [4.78, 5) is 20.1. The number of nitrogens with zero attached hydrogens (tertiary/aromatic N) is 3. The number of para-hydroxylation sites is 3. The third-order valence-corrected chi connectivity index (χ3v) is 8.98. The molecule has 4 aromatic heterocycles. The Morgan fingerprint density at radius 3 is 2.31 bits per heavy atom. The van der Waals surface area contributed by atoms with Crippen LogP contribution in [0, 0.1) is 0 Å². The van der Waals surface area contributed by atoms with Gasteiger partial charge in [-0.2, -0.15) is 0 Å². The second-order valence-corrected chi connectivity index (χ2v) is 10.9. The molecule has 0 aliphatic rings. The monoisotopic (exact) mass is 499 g/mol. The van der Waals surface area contributed by atoms with Crippen LogP contribution in [0.4, 0.5) is 0 Å². The van der Waals surface area contributed by atoms with Crippen LogP contribution in [0.25, 0.3) is 63.3 Å². The van der Waals surface area contributed by atoms with Gasteiger partial charge in [0.1, 0.15) is 4.70 Å². The van der Waals surface area contributed by atoms with E-state index in [0.717, 1.165) is 42.3 Å². The van der Waals surface area contributed by atoms with E-state index in [1.54, 1.807) is 15.7 Å². The van der Waals surface area contributed by atoms with Crippen LogP contribution < -0.4 is 5.56 Å². The maximum absolute atomic E-state index is 13.5. The van der Waals surface area contributed by atoms with Crippen LogP contribution in [-0.4, -0.2) is 14.0 Å². The zero-order valence-electron chi connectivity index (χ0n) is 18.9. The van der Waals surface area contributed by atoms with E-state index < -0.39 is 0 Å². The van der Waals surface area contributed by atoms with Gasteiger partial charge >= 0.3 is 0 Å². The fourth-order valence-corrected chi connectivity index (χ4v) is 7.24. The highest BCUT2D eigenvalue weighted by Crippen LogP contribution is 2.38. The van der Waals surface area contributed by atoms with E-state index in [1.807, 2.05) is 30.3 Å². The Morgan fingerprint density at radius 1 is 0.667 bits per heavy atom. The Bertz CT molecular complexity index is 2180. The lowest BCUT2D eigenvalue weighted by Gasteiger charge is -2.07. The highest BCUT2D eigenvalue weighted by molar-refractivity contribution is 7.24. The van der Waals surface area contributed by atoms with Crippen molar-refractivity contribution < 1.29 is 0 Å². The third-order valence-electron chi connectivity index (χ3n) is 6.80. The van der Waals surface area contributed by atoms with E-state index in [4.69, 9.17) is 4.98 Å². The first kappa shape index (κ1) is 20.0. The predicted molar refractivity (Wildman–Crippen MR) is 152 cm³/mol. The Kier molecular flexibility index (Phi) is 4.09. The van der Waals surface area contributed by atoms with Gasteiger partial charge in [-0.15, -0.1) is 11.3 Å². The molecule has 0 bridgehead atoms. The molecule has 0 atom stereocenters. The zero-order chi connectivity index (χ0) is 23.8. The van der Waals surface area contributed by atoms with Crippen molar-refractivity contribution in [1.82, 2.24) is 14.0 Å². The van der Waals surface area contributed by atoms with Gasteiger partial charge < -0.3 is 4.57 Å². The van der Waals surface area contributed by atoms with Gasteiger partial charge in [-0.25, -0.2) is 9.38 Å². The van der Waals surface area contributed by atoms with Crippen molar-refractivity contribution in [3.8, 4) is 16.1 Å². The molecule has 6 heteroatoms. The topological polar surface area (TPSA) is 39.3 Å². The highest BCUT2D eigenvalue weighted by Gasteiger charge is 2.17. The van der Waals surface area contributed by atoms with Gasteiger partial charge in [-0.05, 0) is 54.1 Å². The number of rotatable bonds is 2. The quantitative estimate of drug-likeness (QED) is 0.243. The van der Waals surface area contributed by atoms with Gasteiger partial charge in [0.2, 0.25) is 0 Å². The van der Waals surface area contributed by atoms with Gasteiger partial charge in [0.05, 0.1) is 26.8 Å². The van der Waals surface area contributed by atoms with Crippen LogP contribution in [0.3, 0.4) is 0 Å². The molecule has 0 N–H and O–H groups in total.